The van der Waals surface area contributed by atoms with Crippen LogP contribution >= 0.6 is 35.4 Å². The van der Waals surface area contributed by atoms with E-state index in [9.17, 15) is 0 Å². The summed E-state index contributed by atoms with van der Waals surface area (Å²) < 4.78 is 7.71. The summed E-state index contributed by atoms with van der Waals surface area (Å²) in [5.74, 6) is 0.773. The largest absolute Gasteiger partial charge is 0.497 e. The third-order valence-corrected chi connectivity index (χ3v) is 4.07. The molecular formula is C14H10Cl2N2OS. The molecule has 0 fully saturated rings. The van der Waals surface area contributed by atoms with Crippen LogP contribution in [0.5, 0.6) is 5.75 Å². The maximum atomic E-state index is 6.07. The number of benzene rings is 2. The minimum Gasteiger partial charge on any atom is -0.497 e. The van der Waals surface area contributed by atoms with Crippen LogP contribution in [0.4, 0.5) is 0 Å². The van der Waals surface area contributed by atoms with Crippen molar-refractivity contribution in [3.05, 3.63) is 51.2 Å². The van der Waals surface area contributed by atoms with Crippen molar-refractivity contribution in [2.45, 2.75) is 0 Å². The first-order valence-corrected chi connectivity index (χ1v) is 7.01. The van der Waals surface area contributed by atoms with E-state index in [1.165, 1.54) is 0 Å². The van der Waals surface area contributed by atoms with Crippen molar-refractivity contribution in [2.24, 2.45) is 0 Å². The molecule has 3 nitrogen and oxygen atoms in total. The Bertz CT molecular complexity index is 854. The Morgan fingerprint density at radius 1 is 1.10 bits per heavy atom. The first-order chi connectivity index (χ1) is 9.60. The zero-order valence-corrected chi connectivity index (χ0v) is 12.8. The summed E-state index contributed by atoms with van der Waals surface area (Å²) in [6, 6.07) is 11.2. The van der Waals surface area contributed by atoms with Crippen LogP contribution in [-0.2, 0) is 0 Å². The number of nitrogens with zero attached hydrogens (tertiary/aromatic N) is 1. The van der Waals surface area contributed by atoms with Crippen LogP contribution in [0.15, 0.2) is 36.4 Å². The molecule has 0 amide bonds. The number of hydrogen-bond acceptors (Lipinski definition) is 2. The van der Waals surface area contributed by atoms with Gasteiger partial charge in [-0.15, -0.1) is 0 Å². The molecule has 0 aliphatic heterocycles. The molecule has 20 heavy (non-hydrogen) atoms. The predicted molar refractivity (Wildman–Crippen MR) is 85.0 cm³/mol. The molecule has 1 N–H and O–H groups in total. The lowest BCUT2D eigenvalue weighted by atomic mass is 10.2. The topological polar surface area (TPSA) is 29.9 Å². The first-order valence-electron chi connectivity index (χ1n) is 5.84. The maximum absolute atomic E-state index is 6.07. The number of aromatic nitrogens is 2. The number of nitrogens with one attached hydrogen (secondary N) is 1. The second-order valence-electron chi connectivity index (χ2n) is 4.25. The molecule has 6 heteroatoms. The number of imidazole rings is 1. The average Bonchev–Trinajstić information content (AvgIpc) is 2.76. The number of hydrogen-bond donors (Lipinski definition) is 1. The van der Waals surface area contributed by atoms with Crippen LogP contribution in [0, 0.1) is 4.77 Å². The molecule has 0 unspecified atom stereocenters. The van der Waals surface area contributed by atoms with Gasteiger partial charge in [0.15, 0.2) is 4.77 Å². The molecule has 3 rings (SSSR count). The molecular weight excluding hydrogens is 315 g/mol. The number of aromatic amines is 1. The van der Waals surface area contributed by atoms with Crippen molar-refractivity contribution in [1.82, 2.24) is 9.55 Å². The fraction of sp³-hybridized carbons (Fsp3) is 0.0714. The number of ether oxygens (including phenoxy) is 1. The van der Waals surface area contributed by atoms with Gasteiger partial charge in [-0.3, -0.25) is 4.57 Å². The SMILES string of the molecule is COc1ccc2c(c1)[nH]c(=S)n2-c1ccc(Cl)c(Cl)c1. The van der Waals surface area contributed by atoms with E-state index < -0.39 is 0 Å². The minimum atomic E-state index is 0.494. The van der Waals surface area contributed by atoms with Crippen molar-refractivity contribution in [3.8, 4) is 11.4 Å². The van der Waals surface area contributed by atoms with Crippen molar-refractivity contribution < 1.29 is 4.74 Å². The van der Waals surface area contributed by atoms with Crippen LogP contribution in [0.25, 0.3) is 16.7 Å². The average molecular weight is 325 g/mol. The summed E-state index contributed by atoms with van der Waals surface area (Å²) in [6.45, 7) is 0. The lowest BCUT2D eigenvalue weighted by Gasteiger charge is -2.06. The molecule has 0 atom stereocenters. The molecule has 102 valence electrons. The first kappa shape index (κ1) is 13.5. The monoisotopic (exact) mass is 324 g/mol. The van der Waals surface area contributed by atoms with Crippen molar-refractivity contribution in [1.29, 1.82) is 0 Å². The van der Waals surface area contributed by atoms with Crippen LogP contribution in [0.2, 0.25) is 10.0 Å². The second-order valence-corrected chi connectivity index (χ2v) is 5.45. The van der Waals surface area contributed by atoms with E-state index in [1.54, 1.807) is 19.2 Å². The van der Waals surface area contributed by atoms with Gasteiger partial charge in [-0.1, -0.05) is 23.2 Å². The lowest BCUT2D eigenvalue weighted by molar-refractivity contribution is 0.415. The van der Waals surface area contributed by atoms with Gasteiger partial charge in [0.05, 0.1) is 33.9 Å². The third-order valence-electron chi connectivity index (χ3n) is 3.05. The van der Waals surface area contributed by atoms with Gasteiger partial charge in [0.25, 0.3) is 0 Å². The summed E-state index contributed by atoms with van der Waals surface area (Å²) in [5, 5.41) is 1.01. The van der Waals surface area contributed by atoms with Crippen molar-refractivity contribution >= 4 is 46.5 Å². The van der Waals surface area contributed by atoms with Gasteiger partial charge in [-0.05, 0) is 42.5 Å². The van der Waals surface area contributed by atoms with E-state index in [1.807, 2.05) is 28.8 Å². The summed E-state index contributed by atoms with van der Waals surface area (Å²) in [5.41, 5.74) is 2.72. The third kappa shape index (κ3) is 2.20. The van der Waals surface area contributed by atoms with Crippen LogP contribution in [0.1, 0.15) is 0 Å². The summed E-state index contributed by atoms with van der Waals surface area (Å²) in [6.07, 6.45) is 0. The fourth-order valence-electron chi connectivity index (χ4n) is 2.10. The number of rotatable bonds is 2. The van der Waals surface area contributed by atoms with E-state index >= 15 is 0 Å². The Balaban J connectivity index is 2.27. The molecule has 0 radical (unpaired) electrons. The minimum absolute atomic E-state index is 0.494. The van der Waals surface area contributed by atoms with E-state index in [0.717, 1.165) is 22.5 Å². The Kier molecular flexibility index (Phi) is 3.46. The highest BCUT2D eigenvalue weighted by Gasteiger charge is 2.09. The molecule has 0 saturated carbocycles. The molecule has 0 saturated heterocycles. The van der Waals surface area contributed by atoms with Gasteiger partial charge in [0, 0.05) is 6.07 Å². The quantitative estimate of drug-likeness (QED) is 0.672. The number of halogens is 2. The van der Waals surface area contributed by atoms with Crippen molar-refractivity contribution in [2.75, 3.05) is 7.11 Å². The standard InChI is InChI=1S/C14H10Cl2N2OS/c1-19-9-3-5-13-12(7-9)17-14(20)18(13)8-2-4-10(15)11(16)6-8/h2-7H,1H3,(H,17,20). The number of fused-ring (bicyclic) bond motifs is 1. The van der Waals surface area contributed by atoms with Gasteiger partial charge >= 0.3 is 0 Å². The molecule has 0 aliphatic rings. The van der Waals surface area contributed by atoms with Crippen LogP contribution in [0.3, 0.4) is 0 Å². The lowest BCUT2D eigenvalue weighted by Crippen LogP contribution is -1.94. The second kappa shape index (κ2) is 5.13. The normalized spacial score (nSPS) is 10.9. The Morgan fingerprint density at radius 3 is 2.60 bits per heavy atom. The highest BCUT2D eigenvalue weighted by Crippen LogP contribution is 2.28. The molecule has 2 aromatic carbocycles. The molecule has 1 aromatic heterocycles. The van der Waals surface area contributed by atoms with E-state index in [4.69, 9.17) is 40.2 Å². The fourth-order valence-corrected chi connectivity index (χ4v) is 2.70. The van der Waals surface area contributed by atoms with Crippen LogP contribution in [-0.4, -0.2) is 16.7 Å². The Morgan fingerprint density at radius 2 is 1.90 bits per heavy atom. The van der Waals surface area contributed by atoms with Gasteiger partial charge in [-0.2, -0.15) is 0 Å². The summed E-state index contributed by atoms with van der Waals surface area (Å²) >= 11 is 17.4. The van der Waals surface area contributed by atoms with E-state index in [-0.39, 0.29) is 0 Å². The Labute approximate surface area is 130 Å². The molecule has 0 aliphatic carbocycles. The molecule has 3 aromatic rings. The number of H-pyrrole nitrogens is 1. The summed E-state index contributed by atoms with van der Waals surface area (Å²) in [7, 11) is 1.63. The smallest absolute Gasteiger partial charge is 0.182 e. The number of methoxy groups -OCH3 is 1. The van der Waals surface area contributed by atoms with Crippen LogP contribution < -0.4 is 4.74 Å². The Hall–Kier alpha value is -1.49. The van der Waals surface area contributed by atoms with Gasteiger partial charge in [-0.25, -0.2) is 0 Å². The maximum Gasteiger partial charge on any atom is 0.182 e. The van der Waals surface area contributed by atoms with E-state index in [0.29, 0.717) is 14.8 Å². The zero-order chi connectivity index (χ0) is 14.3. The summed E-state index contributed by atoms with van der Waals surface area (Å²) in [4.78, 5) is 3.16. The zero-order valence-electron chi connectivity index (χ0n) is 10.5. The van der Waals surface area contributed by atoms with Crippen molar-refractivity contribution in [3.63, 3.8) is 0 Å². The predicted octanol–water partition coefficient (Wildman–Crippen LogP) is 5.00. The molecule has 0 bridgehead atoms. The van der Waals surface area contributed by atoms with Gasteiger partial charge < -0.3 is 9.72 Å². The van der Waals surface area contributed by atoms with Gasteiger partial charge in [0.2, 0.25) is 0 Å². The highest BCUT2D eigenvalue weighted by molar-refractivity contribution is 7.71. The van der Waals surface area contributed by atoms with Gasteiger partial charge in [0.1, 0.15) is 5.75 Å². The molecule has 0 spiro atoms. The van der Waals surface area contributed by atoms with E-state index in [2.05, 4.69) is 4.98 Å². The highest BCUT2D eigenvalue weighted by atomic mass is 35.5. The molecule has 1 heterocycles.